The number of anilines is 1. The quantitative estimate of drug-likeness (QED) is 0.549. The standard InChI is InChI=1S/C22H16N2O2/c1-26-18-9-6-15(7-10-18)4-5-16-8-11-21-19(13-16)20(22(25)24-21)14-17-3-2-12-23-17/h2-3,6-14,23H,1H3,(H,24,25)/b20-14-. The molecule has 0 spiro atoms. The maximum atomic E-state index is 12.3. The molecule has 0 radical (unpaired) electrons. The summed E-state index contributed by atoms with van der Waals surface area (Å²) in [4.78, 5) is 15.4. The van der Waals surface area contributed by atoms with Gasteiger partial charge in [-0.05, 0) is 60.7 Å². The lowest BCUT2D eigenvalue weighted by molar-refractivity contribution is -0.110. The fourth-order valence-electron chi connectivity index (χ4n) is 2.82. The number of hydrogen-bond acceptors (Lipinski definition) is 2. The van der Waals surface area contributed by atoms with Crippen LogP contribution in [0.5, 0.6) is 5.75 Å². The highest BCUT2D eigenvalue weighted by Crippen LogP contribution is 2.33. The SMILES string of the molecule is COc1ccc(C#Cc2ccc3c(c2)/C(=C/c2ccc[nH]2)C(=O)N3)cc1. The maximum Gasteiger partial charge on any atom is 0.256 e. The van der Waals surface area contributed by atoms with E-state index >= 15 is 0 Å². The summed E-state index contributed by atoms with van der Waals surface area (Å²) in [5.74, 6) is 7.00. The van der Waals surface area contributed by atoms with Gasteiger partial charge in [-0.2, -0.15) is 0 Å². The van der Waals surface area contributed by atoms with Crippen molar-refractivity contribution in [1.29, 1.82) is 0 Å². The monoisotopic (exact) mass is 340 g/mol. The van der Waals surface area contributed by atoms with Gasteiger partial charge in [-0.1, -0.05) is 11.8 Å². The van der Waals surface area contributed by atoms with Crippen molar-refractivity contribution in [2.45, 2.75) is 0 Å². The second-order valence-corrected chi connectivity index (χ2v) is 5.88. The molecular formula is C22H16N2O2. The number of carbonyl (C=O) groups excluding carboxylic acids is 1. The van der Waals surface area contributed by atoms with Crippen LogP contribution in [0.25, 0.3) is 11.6 Å². The lowest BCUT2D eigenvalue weighted by atomic mass is 10.0. The minimum absolute atomic E-state index is 0.102. The summed E-state index contributed by atoms with van der Waals surface area (Å²) < 4.78 is 5.15. The molecule has 0 aliphatic carbocycles. The van der Waals surface area contributed by atoms with Crippen molar-refractivity contribution in [3.63, 3.8) is 0 Å². The Morgan fingerprint density at radius 2 is 1.77 bits per heavy atom. The molecule has 2 heterocycles. The second-order valence-electron chi connectivity index (χ2n) is 5.88. The molecule has 126 valence electrons. The molecule has 0 saturated heterocycles. The van der Waals surface area contributed by atoms with Gasteiger partial charge in [0.1, 0.15) is 5.75 Å². The molecule has 4 nitrogen and oxygen atoms in total. The van der Waals surface area contributed by atoms with E-state index in [1.165, 1.54) is 0 Å². The van der Waals surface area contributed by atoms with Gasteiger partial charge >= 0.3 is 0 Å². The summed E-state index contributed by atoms with van der Waals surface area (Å²) in [7, 11) is 1.64. The van der Waals surface area contributed by atoms with Crippen LogP contribution in [0.1, 0.15) is 22.4 Å². The fraction of sp³-hybridized carbons (Fsp3) is 0.0455. The number of aromatic amines is 1. The molecule has 1 amide bonds. The third-order valence-electron chi connectivity index (χ3n) is 4.17. The first-order valence-corrected chi connectivity index (χ1v) is 8.20. The van der Waals surface area contributed by atoms with Crippen molar-refractivity contribution >= 4 is 23.2 Å². The first-order valence-electron chi connectivity index (χ1n) is 8.20. The number of H-pyrrole nitrogens is 1. The molecule has 4 heteroatoms. The van der Waals surface area contributed by atoms with Crippen LogP contribution in [-0.2, 0) is 4.79 Å². The molecule has 0 unspecified atom stereocenters. The Balaban J connectivity index is 1.66. The van der Waals surface area contributed by atoms with Crippen molar-refractivity contribution in [3.8, 4) is 17.6 Å². The lowest BCUT2D eigenvalue weighted by Gasteiger charge is -2.00. The Kier molecular flexibility index (Phi) is 4.04. The molecule has 1 aromatic heterocycles. The molecule has 3 aromatic rings. The molecule has 1 aliphatic rings. The molecule has 0 fully saturated rings. The van der Waals surface area contributed by atoms with Crippen LogP contribution in [0.15, 0.2) is 60.8 Å². The Hall–Kier alpha value is -3.71. The van der Waals surface area contributed by atoms with E-state index < -0.39 is 0 Å². The van der Waals surface area contributed by atoms with Crippen molar-refractivity contribution in [2.24, 2.45) is 0 Å². The number of ether oxygens (including phenoxy) is 1. The number of methoxy groups -OCH3 is 1. The highest BCUT2D eigenvalue weighted by molar-refractivity contribution is 6.34. The molecule has 1 aliphatic heterocycles. The molecule has 2 aromatic carbocycles. The predicted molar refractivity (Wildman–Crippen MR) is 103 cm³/mol. The van der Waals surface area contributed by atoms with Gasteiger partial charge in [-0.25, -0.2) is 0 Å². The molecule has 0 saturated carbocycles. The Morgan fingerprint density at radius 3 is 2.50 bits per heavy atom. The van der Waals surface area contributed by atoms with Crippen LogP contribution in [0.4, 0.5) is 5.69 Å². The molecular weight excluding hydrogens is 324 g/mol. The number of hydrogen-bond donors (Lipinski definition) is 2. The minimum atomic E-state index is -0.102. The van der Waals surface area contributed by atoms with Crippen LogP contribution >= 0.6 is 0 Å². The average molecular weight is 340 g/mol. The topological polar surface area (TPSA) is 54.1 Å². The van der Waals surface area contributed by atoms with Crippen LogP contribution in [0.3, 0.4) is 0 Å². The summed E-state index contributed by atoms with van der Waals surface area (Å²) in [5, 5.41) is 2.89. The Morgan fingerprint density at radius 1 is 1.00 bits per heavy atom. The number of aromatic nitrogens is 1. The van der Waals surface area contributed by atoms with Crippen molar-refractivity contribution in [1.82, 2.24) is 4.98 Å². The first-order chi connectivity index (χ1) is 12.7. The summed E-state index contributed by atoms with van der Waals surface area (Å²) in [6.45, 7) is 0. The van der Waals surface area contributed by atoms with Gasteiger partial charge in [0.05, 0.1) is 12.7 Å². The average Bonchev–Trinajstić information content (AvgIpc) is 3.29. The molecule has 0 atom stereocenters. The minimum Gasteiger partial charge on any atom is -0.497 e. The van der Waals surface area contributed by atoms with Gasteiger partial charge in [-0.15, -0.1) is 0 Å². The highest BCUT2D eigenvalue weighted by atomic mass is 16.5. The third kappa shape index (κ3) is 3.11. The molecule has 4 rings (SSSR count). The predicted octanol–water partition coefficient (Wildman–Crippen LogP) is 3.92. The Labute approximate surface area is 151 Å². The van der Waals surface area contributed by atoms with Crippen molar-refractivity contribution in [3.05, 3.63) is 83.2 Å². The summed E-state index contributed by atoms with van der Waals surface area (Å²) in [6, 6.07) is 17.2. The van der Waals surface area contributed by atoms with Crippen LogP contribution in [-0.4, -0.2) is 18.0 Å². The number of benzene rings is 2. The van der Waals surface area contributed by atoms with Gasteiger partial charge in [0.2, 0.25) is 0 Å². The maximum absolute atomic E-state index is 12.3. The van der Waals surface area contributed by atoms with Gasteiger partial charge in [0, 0.05) is 34.3 Å². The van der Waals surface area contributed by atoms with Gasteiger partial charge in [-0.3, -0.25) is 4.79 Å². The van der Waals surface area contributed by atoms with Crippen molar-refractivity contribution in [2.75, 3.05) is 12.4 Å². The number of rotatable bonds is 2. The zero-order chi connectivity index (χ0) is 17.9. The zero-order valence-electron chi connectivity index (χ0n) is 14.2. The number of carbonyl (C=O) groups is 1. The smallest absolute Gasteiger partial charge is 0.256 e. The van der Waals surface area contributed by atoms with E-state index in [1.54, 1.807) is 7.11 Å². The Bertz CT molecular complexity index is 1050. The van der Waals surface area contributed by atoms with Crippen LogP contribution in [0, 0.1) is 11.8 Å². The summed E-state index contributed by atoms with van der Waals surface area (Å²) >= 11 is 0. The summed E-state index contributed by atoms with van der Waals surface area (Å²) in [6.07, 6.45) is 3.68. The normalized spacial score (nSPS) is 13.7. The number of fused-ring (bicyclic) bond motifs is 1. The third-order valence-corrected chi connectivity index (χ3v) is 4.17. The van der Waals surface area contributed by atoms with Crippen molar-refractivity contribution < 1.29 is 9.53 Å². The number of amides is 1. The van der Waals surface area contributed by atoms with E-state index in [4.69, 9.17) is 4.74 Å². The fourth-order valence-corrected chi connectivity index (χ4v) is 2.82. The summed E-state index contributed by atoms with van der Waals surface area (Å²) in [5.41, 5.74) is 4.96. The van der Waals surface area contributed by atoms with E-state index in [9.17, 15) is 4.79 Å². The molecule has 2 N–H and O–H groups in total. The van der Waals surface area contributed by atoms with Gasteiger partial charge in [0.15, 0.2) is 0 Å². The van der Waals surface area contributed by atoms with E-state index in [0.717, 1.165) is 33.8 Å². The number of nitrogens with one attached hydrogen (secondary N) is 2. The molecule has 26 heavy (non-hydrogen) atoms. The first kappa shape index (κ1) is 15.8. The van der Waals surface area contributed by atoms with E-state index in [2.05, 4.69) is 22.1 Å². The van der Waals surface area contributed by atoms with E-state index in [-0.39, 0.29) is 5.91 Å². The zero-order valence-corrected chi connectivity index (χ0v) is 14.2. The van der Waals surface area contributed by atoms with E-state index in [1.807, 2.05) is 66.9 Å². The van der Waals surface area contributed by atoms with Crippen LogP contribution in [0.2, 0.25) is 0 Å². The second kappa shape index (κ2) is 6.66. The lowest BCUT2D eigenvalue weighted by Crippen LogP contribution is -2.03. The van der Waals surface area contributed by atoms with Gasteiger partial charge < -0.3 is 15.0 Å². The molecule has 0 bridgehead atoms. The van der Waals surface area contributed by atoms with E-state index in [0.29, 0.717) is 5.57 Å². The van der Waals surface area contributed by atoms with Gasteiger partial charge in [0.25, 0.3) is 5.91 Å². The largest absolute Gasteiger partial charge is 0.497 e. The highest BCUT2D eigenvalue weighted by Gasteiger charge is 2.24. The van der Waals surface area contributed by atoms with Crippen LogP contribution < -0.4 is 10.1 Å².